The Morgan fingerprint density at radius 2 is 1.93 bits per heavy atom. The van der Waals surface area contributed by atoms with Crippen molar-refractivity contribution in [1.82, 2.24) is 4.72 Å². The maximum absolute atomic E-state index is 13.9. The molecule has 0 saturated heterocycles. The highest BCUT2D eigenvalue weighted by molar-refractivity contribution is 7.90. The van der Waals surface area contributed by atoms with E-state index in [1.807, 2.05) is 0 Å². The van der Waals surface area contributed by atoms with Crippen molar-refractivity contribution in [1.29, 1.82) is 0 Å². The van der Waals surface area contributed by atoms with E-state index in [1.165, 1.54) is 12.1 Å². The molecule has 162 valence electrons. The number of benzene rings is 2. The second-order valence-electron chi connectivity index (χ2n) is 8.02. The smallest absolute Gasteiger partial charge is 0.307 e. The lowest BCUT2D eigenvalue weighted by molar-refractivity contribution is -0.136. The molecule has 2 N–H and O–H groups in total. The van der Waals surface area contributed by atoms with Crippen LogP contribution >= 0.6 is 0 Å². The van der Waals surface area contributed by atoms with Crippen LogP contribution < -0.4 is 4.72 Å². The van der Waals surface area contributed by atoms with Gasteiger partial charge < -0.3 is 5.11 Å². The summed E-state index contributed by atoms with van der Waals surface area (Å²) < 4.78 is 41.7. The van der Waals surface area contributed by atoms with Crippen LogP contribution in [0.5, 0.6) is 0 Å². The summed E-state index contributed by atoms with van der Waals surface area (Å²) in [6, 6.07) is 6.14. The molecular formula is C23H28FNO4S. The molecule has 0 atom stereocenters. The lowest BCUT2D eigenvalue weighted by atomic mass is 9.88. The van der Waals surface area contributed by atoms with Crippen LogP contribution in [0.15, 0.2) is 30.8 Å². The minimum absolute atomic E-state index is 0.145. The summed E-state index contributed by atoms with van der Waals surface area (Å²) in [6.45, 7) is 6.12. The van der Waals surface area contributed by atoms with Crippen LogP contribution in [0.4, 0.5) is 4.39 Å². The third kappa shape index (κ3) is 5.08. The van der Waals surface area contributed by atoms with Gasteiger partial charge in [-0.1, -0.05) is 38.0 Å². The van der Waals surface area contributed by atoms with Crippen molar-refractivity contribution in [2.45, 2.75) is 57.1 Å². The number of fused-ring (bicyclic) bond motifs is 1. The van der Waals surface area contributed by atoms with E-state index >= 15 is 0 Å². The number of hydrogen-bond acceptors (Lipinski definition) is 3. The zero-order valence-corrected chi connectivity index (χ0v) is 18.0. The number of hydrogen-bond donors (Lipinski definition) is 2. The molecule has 1 aliphatic rings. The van der Waals surface area contributed by atoms with Gasteiger partial charge in [0.1, 0.15) is 5.82 Å². The standard InChI is InChI=1S/C23H28FNO4S/c1-15(10-11-25-30(28,29)20-6-4-3-5-7-20)23-16(2)18(13-22(26)27)12-17-8-9-19(24)14-21(17)23/h8-9,12,14,20,25H,1,3-7,10-11,13H2,2H3,(H,26,27). The zero-order chi connectivity index (χ0) is 21.9. The van der Waals surface area contributed by atoms with Crippen molar-refractivity contribution < 1.29 is 22.7 Å². The largest absolute Gasteiger partial charge is 0.481 e. The fourth-order valence-corrected chi connectivity index (χ4v) is 5.87. The Kier molecular flexibility index (Phi) is 6.93. The molecule has 0 aromatic heterocycles. The normalized spacial score (nSPS) is 15.4. The van der Waals surface area contributed by atoms with E-state index in [0.29, 0.717) is 41.3 Å². The zero-order valence-electron chi connectivity index (χ0n) is 17.2. The number of nitrogens with one attached hydrogen (secondary N) is 1. The Morgan fingerprint density at radius 3 is 2.60 bits per heavy atom. The lowest BCUT2D eigenvalue weighted by Crippen LogP contribution is -2.36. The monoisotopic (exact) mass is 433 g/mol. The molecule has 0 bridgehead atoms. The average Bonchev–Trinajstić information content (AvgIpc) is 2.69. The lowest BCUT2D eigenvalue weighted by Gasteiger charge is -2.22. The van der Waals surface area contributed by atoms with Crippen LogP contribution in [0.25, 0.3) is 16.3 Å². The molecule has 7 heteroatoms. The molecule has 1 saturated carbocycles. The summed E-state index contributed by atoms with van der Waals surface area (Å²) in [5.74, 6) is -1.34. The van der Waals surface area contributed by atoms with E-state index in [-0.39, 0.29) is 24.0 Å². The van der Waals surface area contributed by atoms with Gasteiger partial charge in [0.2, 0.25) is 10.0 Å². The first-order valence-corrected chi connectivity index (χ1v) is 11.8. The van der Waals surface area contributed by atoms with E-state index in [9.17, 15) is 22.7 Å². The highest BCUT2D eigenvalue weighted by Gasteiger charge is 2.26. The Balaban J connectivity index is 1.83. The van der Waals surface area contributed by atoms with E-state index in [2.05, 4.69) is 11.3 Å². The van der Waals surface area contributed by atoms with E-state index in [0.717, 1.165) is 30.2 Å². The quantitative estimate of drug-likeness (QED) is 0.639. The van der Waals surface area contributed by atoms with Gasteiger partial charge in [-0.2, -0.15) is 0 Å². The van der Waals surface area contributed by atoms with Gasteiger partial charge in [0, 0.05) is 6.54 Å². The number of carboxylic acid groups (broad SMARTS) is 1. The fraction of sp³-hybridized carbons (Fsp3) is 0.435. The predicted octanol–water partition coefficient (Wildman–Crippen LogP) is 4.57. The molecule has 2 aromatic carbocycles. The number of carbonyl (C=O) groups is 1. The first kappa shape index (κ1) is 22.4. The molecular weight excluding hydrogens is 405 g/mol. The molecule has 30 heavy (non-hydrogen) atoms. The van der Waals surface area contributed by atoms with Gasteiger partial charge in [-0.3, -0.25) is 4.79 Å². The minimum Gasteiger partial charge on any atom is -0.481 e. The van der Waals surface area contributed by atoms with Crippen LogP contribution in [0, 0.1) is 12.7 Å². The maximum atomic E-state index is 13.9. The van der Waals surface area contributed by atoms with Crippen molar-refractivity contribution in [3.05, 3.63) is 53.4 Å². The van der Waals surface area contributed by atoms with Crippen molar-refractivity contribution in [2.75, 3.05) is 6.54 Å². The molecule has 5 nitrogen and oxygen atoms in total. The van der Waals surface area contributed by atoms with Crippen LogP contribution in [0.3, 0.4) is 0 Å². The topological polar surface area (TPSA) is 83.5 Å². The number of carboxylic acids is 1. The van der Waals surface area contributed by atoms with Gasteiger partial charge in [-0.05, 0) is 71.4 Å². The van der Waals surface area contributed by atoms with Gasteiger partial charge in [0.15, 0.2) is 0 Å². The van der Waals surface area contributed by atoms with Crippen molar-refractivity contribution >= 4 is 32.3 Å². The van der Waals surface area contributed by atoms with Crippen LogP contribution in [-0.4, -0.2) is 31.3 Å². The predicted molar refractivity (Wildman–Crippen MR) is 117 cm³/mol. The number of aliphatic carboxylic acids is 1. The molecule has 0 radical (unpaired) electrons. The second kappa shape index (κ2) is 9.27. The van der Waals surface area contributed by atoms with Gasteiger partial charge in [-0.25, -0.2) is 17.5 Å². The third-order valence-electron chi connectivity index (χ3n) is 5.89. The second-order valence-corrected chi connectivity index (χ2v) is 10.1. The van der Waals surface area contributed by atoms with E-state index < -0.39 is 16.0 Å². The summed E-state index contributed by atoms with van der Waals surface area (Å²) in [5, 5.41) is 10.3. The van der Waals surface area contributed by atoms with E-state index in [4.69, 9.17) is 0 Å². The highest BCUT2D eigenvalue weighted by Crippen LogP contribution is 2.33. The Morgan fingerprint density at radius 1 is 1.23 bits per heavy atom. The molecule has 0 spiro atoms. The molecule has 1 aliphatic carbocycles. The molecule has 0 aliphatic heterocycles. The summed E-state index contributed by atoms with van der Waals surface area (Å²) in [4.78, 5) is 11.3. The summed E-state index contributed by atoms with van der Waals surface area (Å²) >= 11 is 0. The SMILES string of the molecule is C=C(CCNS(=O)(=O)C1CCCCC1)c1c(C)c(CC(=O)O)cc2ccc(F)cc12. The van der Waals surface area contributed by atoms with Crippen LogP contribution in [0.2, 0.25) is 0 Å². The molecule has 3 rings (SSSR count). The van der Waals surface area contributed by atoms with Gasteiger partial charge in [-0.15, -0.1) is 0 Å². The average molecular weight is 434 g/mol. The molecule has 1 fully saturated rings. The van der Waals surface area contributed by atoms with Crippen LogP contribution in [0.1, 0.15) is 55.2 Å². The Labute approximate surface area is 177 Å². The number of halogens is 1. The number of sulfonamides is 1. The fourth-order valence-electron chi connectivity index (χ4n) is 4.29. The van der Waals surface area contributed by atoms with Gasteiger partial charge in [0.25, 0.3) is 0 Å². The van der Waals surface area contributed by atoms with Crippen molar-refractivity contribution in [3.8, 4) is 0 Å². The summed E-state index contributed by atoms with van der Waals surface area (Å²) in [7, 11) is -3.37. The molecule has 0 unspecified atom stereocenters. The van der Waals surface area contributed by atoms with Crippen molar-refractivity contribution in [3.63, 3.8) is 0 Å². The molecule has 0 heterocycles. The Hall–Kier alpha value is -2.25. The third-order valence-corrected chi connectivity index (χ3v) is 7.84. The summed E-state index contributed by atoms with van der Waals surface area (Å²) in [5.41, 5.74) is 2.72. The first-order valence-electron chi connectivity index (χ1n) is 10.3. The maximum Gasteiger partial charge on any atom is 0.307 e. The number of rotatable bonds is 8. The Bertz CT molecular complexity index is 1070. The van der Waals surface area contributed by atoms with Crippen molar-refractivity contribution in [2.24, 2.45) is 0 Å². The molecule has 2 aromatic rings. The highest BCUT2D eigenvalue weighted by atomic mass is 32.2. The van der Waals surface area contributed by atoms with E-state index in [1.54, 1.807) is 19.1 Å². The molecule has 0 amide bonds. The summed E-state index contributed by atoms with van der Waals surface area (Å²) in [6.07, 6.45) is 4.55. The van der Waals surface area contributed by atoms with Crippen LogP contribution in [-0.2, 0) is 21.2 Å². The van der Waals surface area contributed by atoms with Gasteiger partial charge in [0.05, 0.1) is 11.7 Å². The minimum atomic E-state index is -3.37. The van der Waals surface area contributed by atoms with Gasteiger partial charge >= 0.3 is 5.97 Å². The first-order chi connectivity index (χ1) is 14.2.